The molecule has 128 valence electrons. The van der Waals surface area contributed by atoms with Crippen LogP contribution in [0.2, 0.25) is 0 Å². The lowest BCUT2D eigenvalue weighted by Crippen LogP contribution is -2.41. The molecule has 0 fully saturated rings. The number of guanidine groups is 1. The van der Waals surface area contributed by atoms with E-state index in [1.54, 1.807) is 7.05 Å². The zero-order chi connectivity index (χ0) is 15.7. The average Bonchev–Trinajstić information content (AvgIpc) is 2.90. The Balaban J connectivity index is 0.00000441. The number of nitrogens with zero attached hydrogens (tertiary/aromatic N) is 2. The van der Waals surface area contributed by atoms with Gasteiger partial charge in [0, 0.05) is 20.1 Å². The van der Waals surface area contributed by atoms with Gasteiger partial charge in [-0.3, -0.25) is 4.99 Å². The van der Waals surface area contributed by atoms with Crippen LogP contribution in [0.4, 0.5) is 0 Å². The van der Waals surface area contributed by atoms with Crippen LogP contribution in [-0.2, 0) is 0 Å². The van der Waals surface area contributed by atoms with Crippen molar-refractivity contribution in [2.24, 2.45) is 4.99 Å². The summed E-state index contributed by atoms with van der Waals surface area (Å²) in [7, 11) is 3.94. The molecule has 0 aliphatic carbocycles. The predicted octanol–water partition coefficient (Wildman–Crippen LogP) is 3.16. The zero-order valence-electron chi connectivity index (χ0n) is 14.5. The summed E-state index contributed by atoms with van der Waals surface area (Å²) in [6, 6.07) is 4.08. The summed E-state index contributed by atoms with van der Waals surface area (Å²) in [5.74, 6) is 2.66. The third-order valence-electron chi connectivity index (χ3n) is 3.44. The number of halogens is 1. The van der Waals surface area contributed by atoms with Crippen molar-refractivity contribution in [1.29, 1.82) is 0 Å². The highest BCUT2D eigenvalue weighted by Crippen LogP contribution is 2.15. The van der Waals surface area contributed by atoms with Gasteiger partial charge in [0.05, 0.1) is 6.04 Å². The maximum Gasteiger partial charge on any atom is 0.191 e. The van der Waals surface area contributed by atoms with Gasteiger partial charge in [-0.15, -0.1) is 24.0 Å². The van der Waals surface area contributed by atoms with Crippen molar-refractivity contribution in [2.75, 3.05) is 33.7 Å². The summed E-state index contributed by atoms with van der Waals surface area (Å²) in [6.07, 6.45) is 2.49. The topological polar surface area (TPSA) is 52.8 Å². The molecule has 0 aliphatic heterocycles. The van der Waals surface area contributed by atoms with E-state index in [9.17, 15) is 0 Å². The molecular weight excluding hydrogens is 391 g/mol. The molecule has 0 spiro atoms. The summed E-state index contributed by atoms with van der Waals surface area (Å²) in [6.45, 7) is 9.27. The van der Waals surface area contributed by atoms with E-state index in [1.165, 1.54) is 12.8 Å². The fraction of sp³-hybridized carbons (Fsp3) is 0.688. The second kappa shape index (κ2) is 11.8. The number of likely N-dealkylation sites (N-methyl/N-ethyl adjacent to an activating group) is 1. The van der Waals surface area contributed by atoms with Crippen LogP contribution >= 0.6 is 24.0 Å². The summed E-state index contributed by atoms with van der Waals surface area (Å²) in [5, 5.41) is 6.68. The summed E-state index contributed by atoms with van der Waals surface area (Å²) >= 11 is 0. The highest BCUT2D eigenvalue weighted by molar-refractivity contribution is 14.0. The molecule has 0 bridgehead atoms. The molecule has 1 heterocycles. The normalized spacial score (nSPS) is 12.9. The Labute approximate surface area is 152 Å². The van der Waals surface area contributed by atoms with Crippen molar-refractivity contribution in [3.05, 3.63) is 23.7 Å². The molecule has 22 heavy (non-hydrogen) atoms. The first-order chi connectivity index (χ1) is 10.1. The Hall–Kier alpha value is -0.760. The molecule has 0 saturated heterocycles. The van der Waals surface area contributed by atoms with Crippen LogP contribution < -0.4 is 10.6 Å². The smallest absolute Gasteiger partial charge is 0.191 e. The van der Waals surface area contributed by atoms with Gasteiger partial charge >= 0.3 is 0 Å². The van der Waals surface area contributed by atoms with E-state index in [1.807, 2.05) is 19.1 Å². The lowest BCUT2D eigenvalue weighted by atomic mass is 10.2. The van der Waals surface area contributed by atoms with E-state index in [0.29, 0.717) is 0 Å². The average molecular weight is 422 g/mol. The molecule has 6 heteroatoms. The lowest BCUT2D eigenvalue weighted by Gasteiger charge is -2.19. The summed E-state index contributed by atoms with van der Waals surface area (Å²) in [5.41, 5.74) is 0. The van der Waals surface area contributed by atoms with E-state index in [4.69, 9.17) is 4.42 Å². The second-order valence-electron chi connectivity index (χ2n) is 5.47. The van der Waals surface area contributed by atoms with Crippen molar-refractivity contribution >= 4 is 29.9 Å². The number of unbranched alkanes of at least 4 members (excludes halogenated alkanes) is 1. The van der Waals surface area contributed by atoms with E-state index >= 15 is 0 Å². The number of hydrogen-bond donors (Lipinski definition) is 2. The molecular formula is C16H31IN4O. The second-order valence-corrected chi connectivity index (χ2v) is 5.47. The van der Waals surface area contributed by atoms with Crippen LogP contribution in [0.5, 0.6) is 0 Å². The highest BCUT2D eigenvalue weighted by atomic mass is 127. The van der Waals surface area contributed by atoms with Crippen molar-refractivity contribution < 1.29 is 4.42 Å². The van der Waals surface area contributed by atoms with Gasteiger partial charge in [-0.05, 0) is 46.0 Å². The third kappa shape index (κ3) is 8.03. The Bertz CT molecular complexity index is 434. The van der Waals surface area contributed by atoms with Crippen LogP contribution in [0.15, 0.2) is 21.5 Å². The Morgan fingerprint density at radius 1 is 1.36 bits per heavy atom. The Morgan fingerprint density at radius 2 is 2.09 bits per heavy atom. The molecule has 0 aromatic carbocycles. The van der Waals surface area contributed by atoms with Crippen molar-refractivity contribution in [3.63, 3.8) is 0 Å². The SMILES string of the molecule is CCCCN(C)CCNC(=NC)NC(C)c1ccc(C)o1.I. The predicted molar refractivity (Wildman–Crippen MR) is 104 cm³/mol. The third-order valence-corrected chi connectivity index (χ3v) is 3.44. The van der Waals surface area contributed by atoms with Gasteiger partial charge in [0.25, 0.3) is 0 Å². The Kier molecular flexibility index (Phi) is 11.4. The van der Waals surface area contributed by atoms with E-state index < -0.39 is 0 Å². The minimum Gasteiger partial charge on any atom is -0.464 e. The highest BCUT2D eigenvalue weighted by Gasteiger charge is 2.11. The van der Waals surface area contributed by atoms with Crippen molar-refractivity contribution in [1.82, 2.24) is 15.5 Å². The van der Waals surface area contributed by atoms with E-state index in [2.05, 4.69) is 41.4 Å². The first kappa shape index (κ1) is 21.2. The molecule has 1 rings (SSSR count). The van der Waals surface area contributed by atoms with E-state index in [0.717, 1.165) is 37.1 Å². The van der Waals surface area contributed by atoms with Crippen LogP contribution in [-0.4, -0.2) is 44.6 Å². The van der Waals surface area contributed by atoms with Crippen LogP contribution in [0.25, 0.3) is 0 Å². The quantitative estimate of drug-likeness (QED) is 0.384. The molecule has 1 unspecified atom stereocenters. The van der Waals surface area contributed by atoms with Gasteiger partial charge in [0.15, 0.2) is 5.96 Å². The minimum absolute atomic E-state index is 0. The first-order valence-corrected chi connectivity index (χ1v) is 7.78. The van der Waals surface area contributed by atoms with Gasteiger partial charge in [0.1, 0.15) is 11.5 Å². The van der Waals surface area contributed by atoms with Crippen LogP contribution in [0, 0.1) is 6.92 Å². The van der Waals surface area contributed by atoms with Gasteiger partial charge in [-0.25, -0.2) is 0 Å². The van der Waals surface area contributed by atoms with Crippen molar-refractivity contribution in [2.45, 2.75) is 39.7 Å². The molecule has 1 atom stereocenters. The standard InChI is InChI=1S/C16H30N4O.HI/c1-6-7-11-20(5)12-10-18-16(17-4)19-14(3)15-9-8-13(2)21-15;/h8-9,14H,6-7,10-12H2,1-5H3,(H2,17,18,19);1H. The maximum atomic E-state index is 5.62. The fourth-order valence-corrected chi connectivity index (χ4v) is 2.06. The molecule has 0 saturated carbocycles. The monoisotopic (exact) mass is 422 g/mol. The summed E-state index contributed by atoms with van der Waals surface area (Å²) in [4.78, 5) is 6.59. The van der Waals surface area contributed by atoms with Gasteiger partial charge in [0.2, 0.25) is 0 Å². The molecule has 1 aromatic rings. The van der Waals surface area contributed by atoms with E-state index in [-0.39, 0.29) is 30.0 Å². The number of furan rings is 1. The lowest BCUT2D eigenvalue weighted by molar-refractivity contribution is 0.332. The molecule has 0 radical (unpaired) electrons. The molecule has 2 N–H and O–H groups in total. The number of aryl methyl sites for hydroxylation is 1. The van der Waals surface area contributed by atoms with Crippen LogP contribution in [0.3, 0.4) is 0 Å². The van der Waals surface area contributed by atoms with Crippen molar-refractivity contribution in [3.8, 4) is 0 Å². The summed E-state index contributed by atoms with van der Waals surface area (Å²) < 4.78 is 5.62. The van der Waals surface area contributed by atoms with Gasteiger partial charge in [-0.2, -0.15) is 0 Å². The molecule has 5 nitrogen and oxygen atoms in total. The number of hydrogen-bond acceptors (Lipinski definition) is 3. The number of aliphatic imine (C=N–C) groups is 1. The van der Waals surface area contributed by atoms with Gasteiger partial charge < -0.3 is 20.0 Å². The Morgan fingerprint density at radius 3 is 2.64 bits per heavy atom. The molecule has 0 aliphatic rings. The zero-order valence-corrected chi connectivity index (χ0v) is 16.8. The fourth-order valence-electron chi connectivity index (χ4n) is 2.06. The van der Waals surface area contributed by atoms with Gasteiger partial charge in [-0.1, -0.05) is 13.3 Å². The number of nitrogens with one attached hydrogen (secondary N) is 2. The van der Waals surface area contributed by atoms with Crippen LogP contribution in [0.1, 0.15) is 44.3 Å². The number of rotatable bonds is 8. The largest absolute Gasteiger partial charge is 0.464 e. The minimum atomic E-state index is 0. The molecule has 0 amide bonds. The first-order valence-electron chi connectivity index (χ1n) is 7.78. The molecule has 1 aromatic heterocycles. The maximum absolute atomic E-state index is 5.62.